The number of benzene rings is 5. The van der Waals surface area contributed by atoms with Gasteiger partial charge < -0.3 is 9.47 Å². The topological polar surface area (TPSA) is 168 Å². The molecular weight excluding hydrogens is 701 g/mol. The van der Waals surface area contributed by atoms with Crippen LogP contribution in [0.4, 0.5) is 0 Å². The summed E-state index contributed by atoms with van der Waals surface area (Å²) in [5, 5.41) is 20.2. The molecule has 254 valence electrons. The fraction of sp³-hybridized carbons (Fsp3) is 0.0500. The van der Waals surface area contributed by atoms with Crippen LogP contribution in [0.2, 0.25) is 0 Å². The molecule has 0 N–H and O–H groups in total. The highest BCUT2D eigenvalue weighted by Gasteiger charge is 2.38. The number of methoxy groups -OCH3 is 2. The third-order valence-corrected chi connectivity index (χ3v) is 12.6. The second kappa shape index (κ2) is 12.6. The first-order chi connectivity index (χ1) is 25.0. The van der Waals surface area contributed by atoms with E-state index in [4.69, 9.17) is 9.47 Å². The number of ether oxygens (including phenoxy) is 2. The SMILES string of the molecule is COC(=O)C(C(=O)OC)=C1c2cc(S(=O)(=O)c3ccccc3)ccc2-c2cc3c(cc21)C(=C(C#N)C#N)c1cc(S(=O)(=O)c2ccccc2)ccc1-3. The monoisotopic (exact) mass is 724 g/mol. The summed E-state index contributed by atoms with van der Waals surface area (Å²) in [4.78, 5) is 26.5. The molecular formula is C40H24N2O8S2. The van der Waals surface area contributed by atoms with E-state index in [1.807, 2.05) is 12.1 Å². The number of esters is 2. The number of fused-ring (bicyclic) bond motifs is 6. The van der Waals surface area contributed by atoms with E-state index in [1.165, 1.54) is 48.5 Å². The summed E-state index contributed by atoms with van der Waals surface area (Å²) in [5.41, 5.74) is 2.65. The molecule has 0 aromatic heterocycles. The number of allylic oxidation sites excluding steroid dienone is 1. The number of hydrogen-bond donors (Lipinski definition) is 0. The zero-order chi connectivity index (χ0) is 36.9. The van der Waals surface area contributed by atoms with E-state index < -0.39 is 37.2 Å². The highest BCUT2D eigenvalue weighted by molar-refractivity contribution is 7.91. The molecule has 7 rings (SSSR count). The smallest absolute Gasteiger partial charge is 0.345 e. The van der Waals surface area contributed by atoms with E-state index >= 15 is 0 Å². The summed E-state index contributed by atoms with van der Waals surface area (Å²) in [5.74, 6) is -2.08. The second-order valence-electron chi connectivity index (χ2n) is 11.7. The molecule has 0 saturated heterocycles. The standard InChI is InChI=1S/C40H24N2O8S2/c1-49-39(43)38(40(44)50-2)37-33-18-27(52(47,48)25-11-7-4-8-12-25)14-16-29(33)31-19-30-28-15-13-26(51(45,46)24-9-5-3-6-10-24)17-32(28)36(23(21-41)22-42)34(30)20-35(31)37/h3-20H,1-2H3. The fourth-order valence-electron chi connectivity index (χ4n) is 6.65. The average Bonchev–Trinajstić information content (AvgIpc) is 3.66. The molecule has 0 aliphatic heterocycles. The summed E-state index contributed by atoms with van der Waals surface area (Å²) in [6.07, 6.45) is 0. The van der Waals surface area contributed by atoms with Crippen molar-refractivity contribution in [1.29, 1.82) is 10.5 Å². The van der Waals surface area contributed by atoms with Crippen molar-refractivity contribution in [3.8, 4) is 34.4 Å². The van der Waals surface area contributed by atoms with Crippen LogP contribution in [-0.2, 0) is 38.7 Å². The largest absolute Gasteiger partial charge is 0.465 e. The Morgan fingerprint density at radius 1 is 0.481 bits per heavy atom. The van der Waals surface area contributed by atoms with Crippen molar-refractivity contribution in [1.82, 2.24) is 0 Å². The van der Waals surface area contributed by atoms with Gasteiger partial charge in [-0.3, -0.25) is 0 Å². The maximum absolute atomic E-state index is 13.7. The van der Waals surface area contributed by atoms with Crippen molar-refractivity contribution >= 4 is 42.8 Å². The Morgan fingerprint density at radius 3 is 1.29 bits per heavy atom. The Labute approximate surface area is 299 Å². The highest BCUT2D eigenvalue weighted by Crippen LogP contribution is 2.54. The molecule has 5 aromatic rings. The first-order valence-corrected chi connectivity index (χ1v) is 18.5. The second-order valence-corrected chi connectivity index (χ2v) is 15.6. The van der Waals surface area contributed by atoms with E-state index in [2.05, 4.69) is 0 Å². The van der Waals surface area contributed by atoms with Crippen LogP contribution in [-0.4, -0.2) is 43.0 Å². The normalized spacial score (nSPS) is 12.4. The van der Waals surface area contributed by atoms with E-state index in [0.29, 0.717) is 38.9 Å². The van der Waals surface area contributed by atoms with Gasteiger partial charge >= 0.3 is 11.9 Å². The van der Waals surface area contributed by atoms with Crippen molar-refractivity contribution in [2.45, 2.75) is 19.6 Å². The summed E-state index contributed by atoms with van der Waals surface area (Å²) in [7, 11) is -5.86. The molecule has 0 spiro atoms. The average molecular weight is 725 g/mol. The number of hydrogen-bond acceptors (Lipinski definition) is 10. The molecule has 0 fully saturated rings. The number of nitrogens with zero attached hydrogens (tertiary/aromatic N) is 2. The number of carbonyl (C=O) groups is 2. The van der Waals surface area contributed by atoms with Gasteiger partial charge in [0.2, 0.25) is 19.7 Å². The van der Waals surface area contributed by atoms with E-state index in [0.717, 1.165) is 14.2 Å². The lowest BCUT2D eigenvalue weighted by molar-refractivity contribution is -0.143. The van der Waals surface area contributed by atoms with Gasteiger partial charge in [0.1, 0.15) is 17.7 Å². The Balaban J connectivity index is 1.53. The fourth-order valence-corrected chi connectivity index (χ4v) is 9.27. The Morgan fingerprint density at radius 2 is 0.865 bits per heavy atom. The Bertz CT molecular complexity index is 2740. The van der Waals surface area contributed by atoms with Crippen LogP contribution in [0.1, 0.15) is 22.3 Å². The molecule has 0 bridgehead atoms. The molecule has 0 amide bonds. The lowest BCUT2D eigenvalue weighted by Gasteiger charge is -2.12. The van der Waals surface area contributed by atoms with Crippen molar-refractivity contribution in [3.05, 3.63) is 143 Å². The van der Waals surface area contributed by atoms with Gasteiger partial charge in [-0.25, -0.2) is 26.4 Å². The van der Waals surface area contributed by atoms with Crippen LogP contribution in [0.15, 0.2) is 140 Å². The Kier molecular flexibility index (Phi) is 8.22. The number of rotatable bonds is 6. The molecule has 0 unspecified atom stereocenters. The molecule has 0 atom stereocenters. The van der Waals surface area contributed by atoms with Crippen molar-refractivity contribution < 1.29 is 35.9 Å². The number of sulfone groups is 2. The predicted octanol–water partition coefficient (Wildman–Crippen LogP) is 6.31. The minimum atomic E-state index is -4.05. The highest BCUT2D eigenvalue weighted by atomic mass is 32.2. The molecule has 10 nitrogen and oxygen atoms in total. The first-order valence-electron chi connectivity index (χ1n) is 15.5. The van der Waals surface area contributed by atoms with Crippen LogP contribution in [0.3, 0.4) is 0 Å². The van der Waals surface area contributed by atoms with Crippen LogP contribution in [0.5, 0.6) is 0 Å². The van der Waals surface area contributed by atoms with Crippen LogP contribution < -0.4 is 0 Å². The maximum atomic E-state index is 13.7. The zero-order valence-electron chi connectivity index (χ0n) is 27.4. The molecule has 0 saturated carbocycles. The van der Waals surface area contributed by atoms with Gasteiger partial charge in [0.05, 0.1) is 33.8 Å². The lowest BCUT2D eigenvalue weighted by Crippen LogP contribution is -2.18. The van der Waals surface area contributed by atoms with Crippen molar-refractivity contribution in [3.63, 3.8) is 0 Å². The van der Waals surface area contributed by atoms with Crippen LogP contribution >= 0.6 is 0 Å². The molecule has 2 aliphatic rings. The van der Waals surface area contributed by atoms with Gasteiger partial charge in [0.15, 0.2) is 5.57 Å². The van der Waals surface area contributed by atoms with Gasteiger partial charge in [-0.1, -0.05) is 48.5 Å². The summed E-state index contributed by atoms with van der Waals surface area (Å²) in [6.45, 7) is 0. The molecule has 52 heavy (non-hydrogen) atoms. The number of nitriles is 2. The van der Waals surface area contributed by atoms with Gasteiger partial charge in [0, 0.05) is 11.1 Å². The zero-order valence-corrected chi connectivity index (χ0v) is 29.0. The number of carbonyl (C=O) groups excluding carboxylic acids is 2. The lowest BCUT2D eigenvalue weighted by atomic mass is 9.92. The minimum Gasteiger partial charge on any atom is -0.465 e. The van der Waals surface area contributed by atoms with Gasteiger partial charge in [-0.2, -0.15) is 10.5 Å². The van der Waals surface area contributed by atoms with Crippen LogP contribution in [0.25, 0.3) is 33.4 Å². The third-order valence-electron chi connectivity index (χ3n) is 9.03. The van der Waals surface area contributed by atoms with E-state index in [1.54, 1.807) is 60.7 Å². The summed E-state index contributed by atoms with van der Waals surface area (Å²) >= 11 is 0. The first kappa shape index (κ1) is 33.9. The van der Waals surface area contributed by atoms with E-state index in [-0.39, 0.29) is 41.9 Å². The predicted molar refractivity (Wildman–Crippen MR) is 188 cm³/mol. The van der Waals surface area contributed by atoms with E-state index in [9.17, 15) is 36.9 Å². The summed E-state index contributed by atoms with van der Waals surface area (Å²) in [6, 6.07) is 31.7. The molecule has 2 aliphatic carbocycles. The van der Waals surface area contributed by atoms with Crippen molar-refractivity contribution in [2.75, 3.05) is 14.2 Å². The molecule has 0 radical (unpaired) electrons. The maximum Gasteiger partial charge on any atom is 0.345 e. The molecule has 5 aromatic carbocycles. The summed E-state index contributed by atoms with van der Waals surface area (Å²) < 4.78 is 64.7. The third kappa shape index (κ3) is 5.12. The quantitative estimate of drug-likeness (QED) is 0.0623. The molecule has 0 heterocycles. The van der Waals surface area contributed by atoms with Gasteiger partial charge in [0.25, 0.3) is 0 Å². The Hall–Kier alpha value is -6.60. The van der Waals surface area contributed by atoms with Gasteiger partial charge in [-0.15, -0.1) is 0 Å². The van der Waals surface area contributed by atoms with Crippen LogP contribution in [0, 0.1) is 22.7 Å². The molecule has 12 heteroatoms. The van der Waals surface area contributed by atoms with Gasteiger partial charge in [-0.05, 0) is 105 Å². The minimum absolute atomic E-state index is 0.0229. The van der Waals surface area contributed by atoms with Crippen molar-refractivity contribution in [2.24, 2.45) is 0 Å².